The van der Waals surface area contributed by atoms with Gasteiger partial charge in [0, 0.05) is 24.2 Å². The zero-order chi connectivity index (χ0) is 21.8. The quantitative estimate of drug-likeness (QED) is 0.404. The van der Waals surface area contributed by atoms with E-state index in [1.807, 2.05) is 66.7 Å². The molecule has 1 amide bonds. The SMILES string of the molecule is O=C(NCc1cnc2ccccc2c1)c1cc(C(c2ccccc2)c2ccccc2)no1. The van der Waals surface area contributed by atoms with Crippen LogP contribution in [0, 0.1) is 0 Å². The molecule has 0 aliphatic heterocycles. The average Bonchev–Trinajstić information content (AvgIpc) is 3.34. The number of rotatable bonds is 6. The normalized spacial score (nSPS) is 11.0. The summed E-state index contributed by atoms with van der Waals surface area (Å²) in [6.45, 7) is 0.355. The number of hydrogen-bond acceptors (Lipinski definition) is 4. The molecule has 0 atom stereocenters. The number of pyridine rings is 1. The number of fused-ring (bicyclic) bond motifs is 1. The van der Waals surface area contributed by atoms with E-state index in [0.29, 0.717) is 12.2 Å². The molecule has 0 fully saturated rings. The highest BCUT2D eigenvalue weighted by atomic mass is 16.5. The molecule has 1 N–H and O–H groups in total. The molecule has 0 saturated carbocycles. The monoisotopic (exact) mass is 419 g/mol. The Morgan fingerprint density at radius 3 is 2.22 bits per heavy atom. The first-order valence-corrected chi connectivity index (χ1v) is 10.5. The largest absolute Gasteiger partial charge is 0.351 e. The van der Waals surface area contributed by atoms with Crippen LogP contribution in [0.2, 0.25) is 0 Å². The number of carbonyl (C=O) groups is 1. The highest BCUT2D eigenvalue weighted by Crippen LogP contribution is 2.31. The van der Waals surface area contributed by atoms with Crippen molar-refractivity contribution in [2.75, 3.05) is 0 Å². The average molecular weight is 419 g/mol. The van der Waals surface area contributed by atoms with Crippen molar-refractivity contribution >= 4 is 16.8 Å². The lowest BCUT2D eigenvalue weighted by molar-refractivity contribution is 0.0914. The first-order chi connectivity index (χ1) is 15.8. The van der Waals surface area contributed by atoms with Gasteiger partial charge in [0.1, 0.15) is 0 Å². The summed E-state index contributed by atoms with van der Waals surface area (Å²) in [4.78, 5) is 17.2. The fourth-order valence-corrected chi connectivity index (χ4v) is 3.84. The van der Waals surface area contributed by atoms with Gasteiger partial charge in [-0.2, -0.15) is 0 Å². The summed E-state index contributed by atoms with van der Waals surface area (Å²) in [7, 11) is 0. The molecule has 0 bridgehead atoms. The minimum Gasteiger partial charge on any atom is -0.351 e. The van der Waals surface area contributed by atoms with Crippen molar-refractivity contribution in [2.45, 2.75) is 12.5 Å². The summed E-state index contributed by atoms with van der Waals surface area (Å²) in [5.41, 5.74) is 4.71. The molecule has 0 aliphatic rings. The Morgan fingerprint density at radius 2 is 1.50 bits per heavy atom. The molecule has 2 aromatic heterocycles. The summed E-state index contributed by atoms with van der Waals surface area (Å²) in [5, 5.41) is 8.17. The first kappa shape index (κ1) is 19.7. The summed E-state index contributed by atoms with van der Waals surface area (Å²) in [5.74, 6) is -0.241. The molecule has 32 heavy (non-hydrogen) atoms. The van der Waals surface area contributed by atoms with Gasteiger partial charge in [0.05, 0.1) is 17.1 Å². The number of nitrogens with one attached hydrogen (secondary N) is 1. The van der Waals surface area contributed by atoms with Crippen LogP contribution in [0.15, 0.2) is 108 Å². The van der Waals surface area contributed by atoms with Crippen LogP contribution in [0.3, 0.4) is 0 Å². The molecule has 2 heterocycles. The van der Waals surface area contributed by atoms with Crippen molar-refractivity contribution in [3.8, 4) is 0 Å². The zero-order valence-corrected chi connectivity index (χ0v) is 17.3. The van der Waals surface area contributed by atoms with Crippen LogP contribution in [0.5, 0.6) is 0 Å². The molecule has 5 heteroatoms. The molecule has 3 aromatic carbocycles. The Labute approximate surface area is 185 Å². The number of para-hydroxylation sites is 1. The lowest BCUT2D eigenvalue weighted by Crippen LogP contribution is -2.22. The third-order valence-corrected chi connectivity index (χ3v) is 5.41. The minimum absolute atomic E-state index is 0.118. The van der Waals surface area contributed by atoms with Crippen molar-refractivity contribution in [3.63, 3.8) is 0 Å². The predicted molar refractivity (Wildman–Crippen MR) is 123 cm³/mol. The molecular weight excluding hydrogens is 398 g/mol. The summed E-state index contributed by atoms with van der Waals surface area (Å²) in [6, 6.07) is 31.8. The number of aromatic nitrogens is 2. The van der Waals surface area contributed by atoms with Crippen LogP contribution in [-0.2, 0) is 6.54 Å². The van der Waals surface area contributed by atoms with E-state index in [-0.39, 0.29) is 17.6 Å². The van der Waals surface area contributed by atoms with Crippen LogP contribution in [-0.4, -0.2) is 16.0 Å². The van der Waals surface area contributed by atoms with E-state index >= 15 is 0 Å². The van der Waals surface area contributed by atoms with Gasteiger partial charge >= 0.3 is 0 Å². The Balaban J connectivity index is 1.35. The molecule has 0 unspecified atom stereocenters. The van der Waals surface area contributed by atoms with Crippen LogP contribution in [0.25, 0.3) is 10.9 Å². The van der Waals surface area contributed by atoms with Gasteiger partial charge in [0.15, 0.2) is 0 Å². The van der Waals surface area contributed by atoms with E-state index in [9.17, 15) is 4.79 Å². The lowest BCUT2D eigenvalue weighted by atomic mass is 9.88. The zero-order valence-electron chi connectivity index (χ0n) is 17.3. The maximum atomic E-state index is 12.7. The summed E-state index contributed by atoms with van der Waals surface area (Å²) in [6.07, 6.45) is 1.77. The van der Waals surface area contributed by atoms with Crippen molar-refractivity contribution in [3.05, 3.63) is 131 Å². The highest BCUT2D eigenvalue weighted by Gasteiger charge is 2.22. The van der Waals surface area contributed by atoms with Crippen molar-refractivity contribution in [1.82, 2.24) is 15.5 Å². The first-order valence-electron chi connectivity index (χ1n) is 10.5. The number of nitrogens with zero attached hydrogens (tertiary/aromatic N) is 2. The molecule has 5 nitrogen and oxygen atoms in total. The minimum atomic E-state index is -0.309. The van der Waals surface area contributed by atoms with Crippen molar-refractivity contribution < 1.29 is 9.32 Å². The molecule has 156 valence electrons. The van der Waals surface area contributed by atoms with Gasteiger partial charge in [0.2, 0.25) is 5.76 Å². The predicted octanol–water partition coefficient (Wildman–Crippen LogP) is 5.33. The van der Waals surface area contributed by atoms with Gasteiger partial charge in [0.25, 0.3) is 5.91 Å². The maximum Gasteiger partial charge on any atom is 0.290 e. The van der Waals surface area contributed by atoms with Gasteiger partial charge < -0.3 is 9.84 Å². The topological polar surface area (TPSA) is 68.0 Å². The number of amides is 1. The van der Waals surface area contributed by atoms with Gasteiger partial charge in [-0.25, -0.2) is 0 Å². The Bertz CT molecular complexity index is 1310. The van der Waals surface area contributed by atoms with Crippen LogP contribution >= 0.6 is 0 Å². The Kier molecular flexibility index (Phi) is 5.45. The van der Waals surface area contributed by atoms with E-state index in [0.717, 1.165) is 27.6 Å². The second-order valence-corrected chi connectivity index (χ2v) is 7.59. The Morgan fingerprint density at radius 1 is 0.844 bits per heavy atom. The van der Waals surface area contributed by atoms with Crippen molar-refractivity contribution in [2.24, 2.45) is 0 Å². The molecule has 0 aliphatic carbocycles. The number of carbonyl (C=O) groups excluding carboxylic acids is 1. The second kappa shape index (κ2) is 8.86. The van der Waals surface area contributed by atoms with Crippen molar-refractivity contribution in [1.29, 1.82) is 0 Å². The lowest BCUT2D eigenvalue weighted by Gasteiger charge is -2.15. The number of benzene rings is 3. The van der Waals surface area contributed by atoms with E-state index in [2.05, 4.69) is 39.7 Å². The molecule has 0 radical (unpaired) electrons. The smallest absolute Gasteiger partial charge is 0.290 e. The van der Waals surface area contributed by atoms with Crippen LogP contribution in [0.1, 0.15) is 38.9 Å². The molecule has 5 rings (SSSR count). The van der Waals surface area contributed by atoms with Crippen LogP contribution < -0.4 is 5.32 Å². The Hall–Kier alpha value is -4.25. The van der Waals surface area contributed by atoms with E-state index in [4.69, 9.17) is 4.52 Å². The fraction of sp³-hybridized carbons (Fsp3) is 0.0741. The van der Waals surface area contributed by atoms with Gasteiger partial charge in [-0.15, -0.1) is 0 Å². The number of hydrogen-bond donors (Lipinski definition) is 1. The summed E-state index contributed by atoms with van der Waals surface area (Å²) >= 11 is 0. The van der Waals surface area contributed by atoms with Gasteiger partial charge in [-0.1, -0.05) is 84.0 Å². The molecule has 5 aromatic rings. The molecule has 0 spiro atoms. The van der Waals surface area contributed by atoms with E-state index in [1.165, 1.54) is 0 Å². The molecular formula is C27H21N3O2. The fourth-order valence-electron chi connectivity index (χ4n) is 3.84. The van der Waals surface area contributed by atoms with Gasteiger partial charge in [-0.05, 0) is 28.8 Å². The third-order valence-electron chi connectivity index (χ3n) is 5.41. The van der Waals surface area contributed by atoms with Crippen LogP contribution in [0.4, 0.5) is 0 Å². The standard InChI is InChI=1S/C27H21N3O2/c31-27(29-18-19-15-22-13-7-8-14-23(22)28-17-19)25-16-24(30-32-25)26(20-9-3-1-4-10-20)21-11-5-2-6-12-21/h1-17,26H,18H2,(H,29,31). The van der Waals surface area contributed by atoms with E-state index < -0.39 is 0 Å². The van der Waals surface area contributed by atoms with Gasteiger partial charge in [-0.3, -0.25) is 9.78 Å². The highest BCUT2D eigenvalue weighted by molar-refractivity contribution is 5.91. The summed E-state index contributed by atoms with van der Waals surface area (Å²) < 4.78 is 5.43. The maximum absolute atomic E-state index is 12.7. The molecule has 0 saturated heterocycles. The second-order valence-electron chi connectivity index (χ2n) is 7.59. The third kappa shape index (κ3) is 4.14. The van der Waals surface area contributed by atoms with E-state index in [1.54, 1.807) is 12.3 Å².